The van der Waals surface area contributed by atoms with E-state index in [2.05, 4.69) is 41.5 Å². The lowest BCUT2D eigenvalue weighted by Gasteiger charge is -2.31. The molecular formula is C53H59F4N13O5. The maximum absolute atomic E-state index is 14.9. The second-order valence-corrected chi connectivity index (χ2v) is 19.6. The molecule has 4 heterocycles. The molecule has 0 aliphatic carbocycles. The number of carbonyl (C=O) groups excluding carboxylic acids is 3. The van der Waals surface area contributed by atoms with E-state index in [1.54, 1.807) is 25.1 Å². The van der Waals surface area contributed by atoms with E-state index in [0.29, 0.717) is 71.9 Å². The van der Waals surface area contributed by atoms with E-state index in [4.69, 9.17) is 4.98 Å². The second-order valence-electron chi connectivity index (χ2n) is 19.6. The van der Waals surface area contributed by atoms with Crippen LogP contribution in [0.3, 0.4) is 0 Å². The molecule has 8 rings (SSSR count). The number of hydrogen-bond donors (Lipinski definition) is 6. The third kappa shape index (κ3) is 12.6. The van der Waals surface area contributed by atoms with Crippen molar-refractivity contribution in [1.82, 2.24) is 45.7 Å². The summed E-state index contributed by atoms with van der Waals surface area (Å²) in [5.41, 5.74) is 3.68. The third-order valence-electron chi connectivity index (χ3n) is 11.9. The predicted octanol–water partition coefficient (Wildman–Crippen LogP) is 8.60. The van der Waals surface area contributed by atoms with E-state index in [9.17, 15) is 41.8 Å². The zero-order valence-corrected chi connectivity index (χ0v) is 43.0. The lowest BCUT2D eigenvalue weighted by molar-refractivity contribution is 0.0696. The zero-order chi connectivity index (χ0) is 54.5. The summed E-state index contributed by atoms with van der Waals surface area (Å²) < 4.78 is 59.3. The molecule has 0 unspecified atom stereocenters. The van der Waals surface area contributed by atoms with Gasteiger partial charge in [0.15, 0.2) is 11.6 Å². The molecule has 0 radical (unpaired) electrons. The van der Waals surface area contributed by atoms with Crippen molar-refractivity contribution >= 4 is 58.8 Å². The van der Waals surface area contributed by atoms with Crippen LogP contribution < -0.4 is 36.4 Å². The second kappa shape index (κ2) is 22.9. The van der Waals surface area contributed by atoms with E-state index >= 15 is 0 Å². The highest BCUT2D eigenvalue weighted by Gasteiger charge is 2.36. The van der Waals surface area contributed by atoms with Crippen LogP contribution in [-0.2, 0) is 13.1 Å². The van der Waals surface area contributed by atoms with Gasteiger partial charge in [-0.05, 0) is 107 Å². The van der Waals surface area contributed by atoms with Gasteiger partial charge in [0.25, 0.3) is 5.91 Å². The highest BCUT2D eigenvalue weighted by molar-refractivity contribution is 6.04. The molecular weight excluding hydrogens is 975 g/mol. The SMILES string of the molecule is Cc1ccc(C(=O)NCC(C)(C)C)cc1-c1nc(NCCN(C)C)nc2c1CNC(=O)N2c1c(F)cccc1F.Cc1ccc(C(=O)O)cc1-c1nc(NCCN(C)C)nc2c1CNC(=O)N2c1c(F)cccc1F. The molecule has 75 heavy (non-hydrogen) atoms. The Bertz CT molecular complexity index is 3130. The number of rotatable bonds is 15. The summed E-state index contributed by atoms with van der Waals surface area (Å²) in [6.45, 7) is 12.6. The molecule has 0 spiro atoms. The van der Waals surface area contributed by atoms with Crippen molar-refractivity contribution in [2.45, 2.75) is 47.7 Å². The molecule has 0 fully saturated rings. The van der Waals surface area contributed by atoms with Crippen LogP contribution in [0.1, 0.15) is 63.7 Å². The molecule has 0 saturated heterocycles. The summed E-state index contributed by atoms with van der Waals surface area (Å²) in [6.07, 6.45) is 0. The molecule has 394 valence electrons. The predicted molar refractivity (Wildman–Crippen MR) is 279 cm³/mol. The number of carboxylic acids is 1. The van der Waals surface area contributed by atoms with Gasteiger partial charge >= 0.3 is 18.0 Å². The number of carboxylic acid groups (broad SMARTS) is 1. The highest BCUT2D eigenvalue weighted by atomic mass is 19.1. The van der Waals surface area contributed by atoms with Crippen molar-refractivity contribution in [2.24, 2.45) is 5.41 Å². The lowest BCUT2D eigenvalue weighted by Crippen LogP contribution is -2.43. The number of carbonyl (C=O) groups is 4. The normalized spacial score (nSPS) is 13.1. The number of fused-ring (bicyclic) bond motifs is 2. The van der Waals surface area contributed by atoms with Gasteiger partial charge in [-0.25, -0.2) is 51.7 Å². The first-order valence-electron chi connectivity index (χ1n) is 23.9. The summed E-state index contributed by atoms with van der Waals surface area (Å²) in [6, 6.07) is 15.2. The Labute approximate surface area is 431 Å². The number of likely N-dealkylation sites (N-methyl/N-ethyl adjacent to an activating group) is 2. The number of benzene rings is 4. The third-order valence-corrected chi connectivity index (χ3v) is 11.9. The molecule has 2 aromatic heterocycles. The quantitative estimate of drug-likeness (QED) is 0.0533. The number of amides is 5. The van der Waals surface area contributed by atoms with Crippen LogP contribution in [-0.4, -0.2) is 120 Å². The minimum absolute atomic E-state index is 0.00914. The molecule has 5 amide bonds. The maximum atomic E-state index is 14.9. The number of nitrogens with zero attached hydrogens (tertiary/aromatic N) is 8. The van der Waals surface area contributed by atoms with Gasteiger partial charge in [-0.1, -0.05) is 45.0 Å². The monoisotopic (exact) mass is 1030 g/mol. The van der Waals surface area contributed by atoms with Gasteiger partial charge in [0.05, 0.1) is 30.0 Å². The summed E-state index contributed by atoms with van der Waals surface area (Å²) >= 11 is 0. The van der Waals surface area contributed by atoms with E-state index in [1.807, 2.05) is 71.8 Å². The minimum atomic E-state index is -1.11. The molecule has 18 nitrogen and oxygen atoms in total. The highest BCUT2D eigenvalue weighted by Crippen LogP contribution is 2.41. The molecule has 0 saturated carbocycles. The molecule has 22 heteroatoms. The van der Waals surface area contributed by atoms with Gasteiger partial charge in [-0.3, -0.25) is 4.79 Å². The Kier molecular flexibility index (Phi) is 16.6. The summed E-state index contributed by atoms with van der Waals surface area (Å²) in [5.74, 6) is -4.61. The smallest absolute Gasteiger partial charge is 0.335 e. The van der Waals surface area contributed by atoms with Crippen LogP contribution in [0.15, 0.2) is 72.8 Å². The summed E-state index contributed by atoms with van der Waals surface area (Å²) in [4.78, 5) is 74.5. The Hall–Kier alpha value is -8.24. The van der Waals surface area contributed by atoms with Crippen LogP contribution in [0.25, 0.3) is 22.5 Å². The largest absolute Gasteiger partial charge is 0.478 e. The average molecular weight is 1030 g/mol. The number of nitrogens with one attached hydrogen (secondary N) is 5. The number of para-hydroxylation sites is 2. The topological polar surface area (TPSA) is 213 Å². The summed E-state index contributed by atoms with van der Waals surface area (Å²) in [5, 5.41) is 24.0. The van der Waals surface area contributed by atoms with E-state index < -0.39 is 52.7 Å². The van der Waals surface area contributed by atoms with Gasteiger partial charge in [0.1, 0.15) is 34.6 Å². The van der Waals surface area contributed by atoms with Crippen molar-refractivity contribution in [3.63, 3.8) is 0 Å². The van der Waals surface area contributed by atoms with Crippen LogP contribution in [0, 0.1) is 42.5 Å². The Morgan fingerprint density at radius 1 is 0.640 bits per heavy atom. The molecule has 6 N–H and O–H groups in total. The number of urea groups is 2. The number of aromatic nitrogens is 4. The maximum Gasteiger partial charge on any atom is 0.335 e. The van der Waals surface area contributed by atoms with E-state index in [0.717, 1.165) is 45.2 Å². The van der Waals surface area contributed by atoms with Crippen LogP contribution >= 0.6 is 0 Å². The molecule has 6 aromatic rings. The number of hydrogen-bond acceptors (Lipinski definition) is 12. The molecule has 0 atom stereocenters. The molecule has 0 bridgehead atoms. The Morgan fingerprint density at radius 3 is 1.43 bits per heavy atom. The van der Waals surface area contributed by atoms with E-state index in [-0.39, 0.29) is 53.5 Å². The van der Waals surface area contributed by atoms with Crippen LogP contribution in [0.2, 0.25) is 0 Å². The van der Waals surface area contributed by atoms with Crippen molar-refractivity contribution in [3.8, 4) is 22.5 Å². The van der Waals surface area contributed by atoms with Crippen molar-refractivity contribution in [3.05, 3.63) is 129 Å². The number of aryl methyl sites for hydroxylation is 2. The molecule has 2 aliphatic rings. The first-order chi connectivity index (χ1) is 35.5. The van der Waals surface area contributed by atoms with Crippen LogP contribution in [0.4, 0.5) is 62.1 Å². The van der Waals surface area contributed by atoms with Gasteiger partial charge in [0.2, 0.25) is 11.9 Å². The standard InChI is InChI=1S/C29H35F2N7O2.C24H24F2N6O3/c1-17-10-11-18(26(39)34-16-29(2,3)4)14-19(17)23-20-15-33-28(40)38(24-21(30)8-7-9-22(24)31)25(20)36-27(35-23)32-12-13-37(5)6;1-13-7-8-14(22(33)34)11-15(13)19-16-12-28-24(35)32(20-17(25)5-4-6-18(20)26)21(16)30-23(29-19)27-9-10-31(2)3/h7-11,14H,12-13,15-16H2,1-6H3,(H,33,40)(H,34,39)(H,32,35,36);4-8,11H,9-10,12H2,1-3H3,(H,28,35)(H,33,34)(H,27,29,30). The number of anilines is 6. The first-order valence-corrected chi connectivity index (χ1v) is 23.9. The number of aromatic carboxylic acids is 1. The first kappa shape index (κ1) is 54.5. The van der Waals surface area contributed by atoms with Gasteiger partial charge in [-0.2, -0.15) is 9.97 Å². The zero-order valence-electron chi connectivity index (χ0n) is 43.0. The van der Waals surface area contributed by atoms with Crippen molar-refractivity contribution in [2.75, 3.05) is 81.3 Å². The van der Waals surface area contributed by atoms with Crippen LogP contribution in [0.5, 0.6) is 0 Å². The fraction of sp³-hybridized carbons (Fsp3) is 0.321. The average Bonchev–Trinajstić information content (AvgIpc) is 3.34. The lowest BCUT2D eigenvalue weighted by atomic mass is 9.96. The fourth-order valence-corrected chi connectivity index (χ4v) is 8.00. The minimum Gasteiger partial charge on any atom is -0.478 e. The van der Waals surface area contributed by atoms with Gasteiger partial charge in [0, 0.05) is 60.5 Å². The Morgan fingerprint density at radius 2 is 1.04 bits per heavy atom. The summed E-state index contributed by atoms with van der Waals surface area (Å²) in [7, 11) is 7.64. The van der Waals surface area contributed by atoms with Crippen molar-refractivity contribution < 1.29 is 41.8 Å². The van der Waals surface area contributed by atoms with E-state index in [1.165, 1.54) is 24.3 Å². The van der Waals surface area contributed by atoms with Gasteiger partial charge < -0.3 is 41.5 Å². The molecule has 4 aromatic carbocycles. The number of halogens is 4. The molecule has 2 aliphatic heterocycles. The van der Waals surface area contributed by atoms with Crippen molar-refractivity contribution in [1.29, 1.82) is 0 Å². The fourth-order valence-electron chi connectivity index (χ4n) is 8.00. The van der Waals surface area contributed by atoms with Gasteiger partial charge in [-0.15, -0.1) is 0 Å². The Balaban J connectivity index is 0.000000221.